The van der Waals surface area contributed by atoms with Crippen molar-refractivity contribution in [3.05, 3.63) is 47.8 Å². The van der Waals surface area contributed by atoms with Gasteiger partial charge in [-0.15, -0.1) is 0 Å². The van der Waals surface area contributed by atoms with Crippen LogP contribution in [0.25, 0.3) is 11.0 Å². The smallest absolute Gasteiger partial charge is 0.300 e. The van der Waals surface area contributed by atoms with Gasteiger partial charge in [0.05, 0.1) is 11.0 Å². The van der Waals surface area contributed by atoms with Gasteiger partial charge in [-0.1, -0.05) is 6.07 Å². The Hall–Kier alpha value is -2.56. The molecule has 96 valence electrons. The molecule has 0 unspecified atom stereocenters. The predicted molar refractivity (Wildman–Crippen MR) is 71.7 cm³/mol. The van der Waals surface area contributed by atoms with Crippen LogP contribution in [0.5, 0.6) is 11.8 Å². The SMILES string of the molecule is Cc1ccc(F)c(Oc2nc3ccc(N)cc3[nH]2)c1. The number of nitrogens with one attached hydrogen (secondary N) is 1. The molecule has 0 spiro atoms. The van der Waals surface area contributed by atoms with Gasteiger partial charge in [-0.25, -0.2) is 4.39 Å². The number of aromatic nitrogens is 2. The Morgan fingerprint density at radius 1 is 1.21 bits per heavy atom. The lowest BCUT2D eigenvalue weighted by Crippen LogP contribution is -1.90. The van der Waals surface area contributed by atoms with E-state index in [1.165, 1.54) is 6.07 Å². The average molecular weight is 257 g/mol. The fourth-order valence-electron chi connectivity index (χ4n) is 1.85. The van der Waals surface area contributed by atoms with Crippen LogP contribution in [-0.4, -0.2) is 9.97 Å². The first-order valence-corrected chi connectivity index (χ1v) is 5.81. The number of hydrogen-bond acceptors (Lipinski definition) is 3. The number of anilines is 1. The molecule has 4 nitrogen and oxygen atoms in total. The van der Waals surface area contributed by atoms with Gasteiger partial charge in [-0.05, 0) is 42.8 Å². The molecule has 1 aromatic heterocycles. The fourth-order valence-corrected chi connectivity index (χ4v) is 1.85. The molecule has 0 saturated heterocycles. The monoisotopic (exact) mass is 257 g/mol. The molecule has 3 rings (SSSR count). The zero-order valence-electron chi connectivity index (χ0n) is 10.3. The van der Waals surface area contributed by atoms with E-state index >= 15 is 0 Å². The number of ether oxygens (including phenoxy) is 1. The topological polar surface area (TPSA) is 63.9 Å². The lowest BCUT2D eigenvalue weighted by molar-refractivity contribution is 0.416. The van der Waals surface area contributed by atoms with Gasteiger partial charge in [-0.2, -0.15) is 4.98 Å². The lowest BCUT2D eigenvalue weighted by Gasteiger charge is -2.03. The average Bonchev–Trinajstić information content (AvgIpc) is 2.75. The zero-order chi connectivity index (χ0) is 13.4. The van der Waals surface area contributed by atoms with Crippen molar-refractivity contribution in [3.8, 4) is 11.8 Å². The molecule has 0 aliphatic heterocycles. The molecule has 0 fully saturated rings. The van der Waals surface area contributed by atoms with E-state index in [-0.39, 0.29) is 11.8 Å². The third kappa shape index (κ3) is 2.22. The molecular weight excluding hydrogens is 245 g/mol. The van der Waals surface area contributed by atoms with Gasteiger partial charge in [0.2, 0.25) is 0 Å². The number of fused-ring (bicyclic) bond motifs is 1. The van der Waals surface area contributed by atoms with Crippen LogP contribution in [0.15, 0.2) is 36.4 Å². The first-order valence-electron chi connectivity index (χ1n) is 5.81. The summed E-state index contributed by atoms with van der Waals surface area (Å²) in [6, 6.07) is 10.2. The molecule has 3 N–H and O–H groups in total. The molecule has 0 aliphatic carbocycles. The van der Waals surface area contributed by atoms with Gasteiger partial charge in [0.25, 0.3) is 6.01 Å². The molecule has 19 heavy (non-hydrogen) atoms. The number of aromatic amines is 1. The van der Waals surface area contributed by atoms with Crippen molar-refractivity contribution in [2.75, 3.05) is 5.73 Å². The summed E-state index contributed by atoms with van der Waals surface area (Å²) in [6.45, 7) is 1.87. The Labute approximate surface area is 109 Å². The standard InChI is InChI=1S/C14H12FN3O/c1-8-2-4-10(15)13(6-8)19-14-17-11-5-3-9(16)7-12(11)18-14/h2-7H,16H2,1H3,(H,17,18). The van der Waals surface area contributed by atoms with Gasteiger partial charge >= 0.3 is 0 Å². The number of nitrogens with two attached hydrogens (primary N) is 1. The first-order chi connectivity index (χ1) is 9.11. The number of benzene rings is 2. The second-order valence-electron chi connectivity index (χ2n) is 4.35. The van der Waals surface area contributed by atoms with Crippen molar-refractivity contribution in [1.82, 2.24) is 9.97 Å². The molecule has 5 heteroatoms. The summed E-state index contributed by atoms with van der Waals surface area (Å²) in [7, 11) is 0. The number of rotatable bonds is 2. The van der Waals surface area contributed by atoms with Crippen molar-refractivity contribution >= 4 is 16.7 Å². The second kappa shape index (κ2) is 4.28. The summed E-state index contributed by atoms with van der Waals surface area (Å²) < 4.78 is 19.0. The largest absolute Gasteiger partial charge is 0.422 e. The second-order valence-corrected chi connectivity index (χ2v) is 4.35. The molecule has 0 radical (unpaired) electrons. The Morgan fingerprint density at radius 2 is 2.05 bits per heavy atom. The van der Waals surface area contributed by atoms with Crippen molar-refractivity contribution < 1.29 is 9.13 Å². The quantitative estimate of drug-likeness (QED) is 0.692. The molecule has 0 atom stereocenters. The molecule has 3 aromatic rings. The summed E-state index contributed by atoms with van der Waals surface area (Å²) >= 11 is 0. The Bertz CT molecular complexity index is 752. The predicted octanol–water partition coefficient (Wildman–Crippen LogP) is 3.38. The normalized spacial score (nSPS) is 10.8. The summed E-state index contributed by atoms with van der Waals surface area (Å²) in [6.07, 6.45) is 0. The minimum Gasteiger partial charge on any atom is -0.422 e. The molecule has 0 amide bonds. The van der Waals surface area contributed by atoms with Crippen LogP contribution in [0.3, 0.4) is 0 Å². The van der Waals surface area contributed by atoms with Crippen LogP contribution in [0.4, 0.5) is 10.1 Å². The zero-order valence-corrected chi connectivity index (χ0v) is 10.3. The lowest BCUT2D eigenvalue weighted by atomic mass is 10.2. The highest BCUT2D eigenvalue weighted by molar-refractivity contribution is 5.79. The van der Waals surface area contributed by atoms with Crippen molar-refractivity contribution in [3.63, 3.8) is 0 Å². The van der Waals surface area contributed by atoms with Gasteiger partial charge in [0.1, 0.15) is 0 Å². The minimum absolute atomic E-state index is 0.145. The number of aryl methyl sites for hydroxylation is 1. The van der Waals surface area contributed by atoms with E-state index in [9.17, 15) is 4.39 Å². The van der Waals surface area contributed by atoms with Gasteiger partial charge in [0, 0.05) is 5.69 Å². The maximum Gasteiger partial charge on any atom is 0.300 e. The highest BCUT2D eigenvalue weighted by Gasteiger charge is 2.09. The number of imidazole rings is 1. The highest BCUT2D eigenvalue weighted by Crippen LogP contribution is 2.25. The summed E-state index contributed by atoms with van der Waals surface area (Å²) in [5.74, 6) is -0.280. The number of halogens is 1. The third-order valence-corrected chi connectivity index (χ3v) is 2.78. The van der Waals surface area contributed by atoms with Crippen LogP contribution in [0.1, 0.15) is 5.56 Å². The summed E-state index contributed by atoms with van der Waals surface area (Å²) in [5.41, 5.74) is 8.70. The van der Waals surface area contributed by atoms with Crippen molar-refractivity contribution in [1.29, 1.82) is 0 Å². The van der Waals surface area contributed by atoms with Gasteiger partial charge < -0.3 is 15.5 Å². The summed E-state index contributed by atoms with van der Waals surface area (Å²) in [5, 5.41) is 0. The highest BCUT2D eigenvalue weighted by atomic mass is 19.1. The maximum atomic E-state index is 13.6. The Kier molecular flexibility index (Phi) is 2.59. The van der Waals surface area contributed by atoms with E-state index < -0.39 is 5.82 Å². The number of nitrogens with zero attached hydrogens (tertiary/aromatic N) is 1. The fraction of sp³-hybridized carbons (Fsp3) is 0.0714. The van der Waals surface area contributed by atoms with Crippen LogP contribution < -0.4 is 10.5 Å². The third-order valence-electron chi connectivity index (χ3n) is 2.78. The number of nitrogen functional groups attached to an aromatic ring is 1. The Morgan fingerprint density at radius 3 is 2.89 bits per heavy atom. The van der Waals surface area contributed by atoms with E-state index in [0.29, 0.717) is 5.69 Å². The van der Waals surface area contributed by atoms with Crippen molar-refractivity contribution in [2.45, 2.75) is 6.92 Å². The van der Waals surface area contributed by atoms with E-state index in [0.717, 1.165) is 16.6 Å². The Balaban J connectivity index is 1.98. The van der Waals surface area contributed by atoms with E-state index in [1.807, 2.05) is 6.92 Å². The van der Waals surface area contributed by atoms with E-state index in [4.69, 9.17) is 10.5 Å². The van der Waals surface area contributed by atoms with E-state index in [1.54, 1.807) is 30.3 Å². The van der Waals surface area contributed by atoms with Gasteiger partial charge in [0.15, 0.2) is 11.6 Å². The minimum atomic E-state index is -0.425. The molecule has 0 saturated carbocycles. The first kappa shape index (κ1) is 11.5. The molecule has 2 aromatic carbocycles. The maximum absolute atomic E-state index is 13.6. The number of H-pyrrole nitrogens is 1. The van der Waals surface area contributed by atoms with Gasteiger partial charge in [-0.3, -0.25) is 0 Å². The van der Waals surface area contributed by atoms with Crippen LogP contribution in [-0.2, 0) is 0 Å². The van der Waals surface area contributed by atoms with Crippen LogP contribution in [0, 0.1) is 12.7 Å². The molecular formula is C14H12FN3O. The number of hydrogen-bond donors (Lipinski definition) is 2. The van der Waals surface area contributed by atoms with E-state index in [2.05, 4.69) is 9.97 Å². The molecule has 0 bridgehead atoms. The van der Waals surface area contributed by atoms with Crippen molar-refractivity contribution in [2.24, 2.45) is 0 Å². The molecule has 0 aliphatic rings. The summed E-state index contributed by atoms with van der Waals surface area (Å²) in [4.78, 5) is 7.17. The van der Waals surface area contributed by atoms with Crippen LogP contribution in [0.2, 0.25) is 0 Å². The van der Waals surface area contributed by atoms with Crippen LogP contribution >= 0.6 is 0 Å². The molecule has 1 heterocycles.